The first-order valence-corrected chi connectivity index (χ1v) is 9.23. The van der Waals surface area contributed by atoms with E-state index in [4.69, 9.17) is 5.14 Å². The number of nitrogens with one attached hydrogen (secondary N) is 1. The van der Waals surface area contributed by atoms with E-state index in [2.05, 4.69) is 5.32 Å². The molecule has 1 aromatic heterocycles. The van der Waals surface area contributed by atoms with Gasteiger partial charge in [0, 0.05) is 11.3 Å². The van der Waals surface area contributed by atoms with Crippen LogP contribution in [0.1, 0.15) is 29.8 Å². The highest BCUT2D eigenvalue weighted by atomic mass is 32.2. The number of nitrogens with two attached hydrogens (primary N) is 1. The summed E-state index contributed by atoms with van der Waals surface area (Å²) in [6.07, 6.45) is 1.10. The summed E-state index contributed by atoms with van der Waals surface area (Å²) in [4.78, 5) is 13.2. The van der Waals surface area contributed by atoms with E-state index in [0.717, 1.165) is 0 Å². The summed E-state index contributed by atoms with van der Waals surface area (Å²) >= 11 is 1.62. The van der Waals surface area contributed by atoms with Crippen molar-refractivity contribution in [2.75, 3.05) is 0 Å². The number of carbonyl (C=O) groups excluding carboxylic acids is 1. The molecule has 7 heteroatoms. The van der Waals surface area contributed by atoms with Crippen molar-refractivity contribution >= 4 is 27.3 Å². The van der Waals surface area contributed by atoms with Crippen LogP contribution in [0.25, 0.3) is 0 Å². The standard InChI is InChI=1S/C15H18N2O3S2/c1-11(12-4-2-6-14(10-12)22(16,19)20)17-15(18)8-7-13-5-3-9-21-13/h2-6,9-11H,7-8H2,1H3,(H,17,18)(H2,16,19,20). The molecule has 0 bridgehead atoms. The van der Waals surface area contributed by atoms with Gasteiger partial charge in [-0.3, -0.25) is 4.79 Å². The fourth-order valence-electron chi connectivity index (χ4n) is 2.05. The maximum Gasteiger partial charge on any atom is 0.238 e. The number of benzene rings is 1. The van der Waals surface area contributed by atoms with Gasteiger partial charge < -0.3 is 5.32 Å². The van der Waals surface area contributed by atoms with Crippen molar-refractivity contribution in [1.29, 1.82) is 0 Å². The quantitative estimate of drug-likeness (QED) is 0.846. The summed E-state index contributed by atoms with van der Waals surface area (Å²) in [5.74, 6) is -0.0677. The Morgan fingerprint density at radius 2 is 2.09 bits per heavy atom. The van der Waals surface area contributed by atoms with Gasteiger partial charge in [-0.1, -0.05) is 18.2 Å². The average molecular weight is 338 g/mol. The summed E-state index contributed by atoms with van der Waals surface area (Å²) in [7, 11) is -3.74. The molecule has 1 atom stereocenters. The summed E-state index contributed by atoms with van der Waals surface area (Å²) in [5, 5.41) is 9.96. The second-order valence-electron chi connectivity index (χ2n) is 4.99. The van der Waals surface area contributed by atoms with Crippen LogP contribution in [0.4, 0.5) is 0 Å². The number of aryl methyl sites for hydroxylation is 1. The Kier molecular flexibility index (Phi) is 5.33. The van der Waals surface area contributed by atoms with Crippen LogP contribution in [0.15, 0.2) is 46.7 Å². The van der Waals surface area contributed by atoms with Crippen LogP contribution in [-0.2, 0) is 21.2 Å². The first-order chi connectivity index (χ1) is 10.4. The van der Waals surface area contributed by atoms with Crippen LogP contribution in [-0.4, -0.2) is 14.3 Å². The highest BCUT2D eigenvalue weighted by molar-refractivity contribution is 7.89. The predicted octanol–water partition coefficient (Wildman–Crippen LogP) is 2.21. The Bertz CT molecular complexity index is 740. The number of amides is 1. The number of rotatable bonds is 6. The van der Waals surface area contributed by atoms with Crippen LogP contribution in [0.5, 0.6) is 0 Å². The number of primary sulfonamides is 1. The average Bonchev–Trinajstić information content (AvgIpc) is 2.97. The number of thiophene rings is 1. The zero-order valence-corrected chi connectivity index (χ0v) is 13.8. The van der Waals surface area contributed by atoms with Crippen LogP contribution < -0.4 is 10.5 Å². The lowest BCUT2D eigenvalue weighted by Crippen LogP contribution is -2.27. The molecule has 0 aliphatic rings. The zero-order chi connectivity index (χ0) is 16.2. The van der Waals surface area contributed by atoms with Gasteiger partial charge in [-0.2, -0.15) is 0 Å². The molecule has 2 rings (SSSR count). The van der Waals surface area contributed by atoms with Crippen LogP contribution in [0.3, 0.4) is 0 Å². The van der Waals surface area contributed by atoms with Gasteiger partial charge in [-0.15, -0.1) is 11.3 Å². The van der Waals surface area contributed by atoms with Gasteiger partial charge >= 0.3 is 0 Å². The van der Waals surface area contributed by atoms with E-state index in [1.807, 2.05) is 24.4 Å². The largest absolute Gasteiger partial charge is 0.350 e. The molecule has 0 aliphatic carbocycles. The van der Waals surface area contributed by atoms with Gasteiger partial charge in [0.25, 0.3) is 0 Å². The molecule has 0 aliphatic heterocycles. The minimum Gasteiger partial charge on any atom is -0.350 e. The maximum absolute atomic E-state index is 12.0. The van der Waals surface area contributed by atoms with Gasteiger partial charge in [0.2, 0.25) is 15.9 Å². The van der Waals surface area contributed by atoms with Gasteiger partial charge in [-0.25, -0.2) is 13.6 Å². The molecule has 0 saturated carbocycles. The smallest absolute Gasteiger partial charge is 0.238 e. The molecule has 0 saturated heterocycles. The van der Waals surface area contributed by atoms with Crippen molar-refractivity contribution in [2.45, 2.75) is 30.7 Å². The third kappa shape index (κ3) is 4.66. The molecule has 5 nitrogen and oxygen atoms in total. The highest BCUT2D eigenvalue weighted by Crippen LogP contribution is 2.17. The normalized spacial score (nSPS) is 12.8. The minimum atomic E-state index is -3.74. The molecule has 118 valence electrons. The Morgan fingerprint density at radius 3 is 2.73 bits per heavy atom. The van der Waals surface area contributed by atoms with E-state index >= 15 is 0 Å². The van der Waals surface area contributed by atoms with Crippen molar-refractivity contribution in [1.82, 2.24) is 5.32 Å². The first kappa shape index (κ1) is 16.7. The lowest BCUT2D eigenvalue weighted by atomic mass is 10.1. The summed E-state index contributed by atoms with van der Waals surface area (Å²) in [5.41, 5.74) is 0.705. The van der Waals surface area contributed by atoms with E-state index in [1.54, 1.807) is 23.5 Å². The van der Waals surface area contributed by atoms with E-state index in [1.165, 1.54) is 17.0 Å². The molecule has 3 N–H and O–H groups in total. The molecule has 22 heavy (non-hydrogen) atoms. The lowest BCUT2D eigenvalue weighted by Gasteiger charge is -2.15. The third-order valence-electron chi connectivity index (χ3n) is 3.24. The molecular formula is C15H18N2O3S2. The maximum atomic E-state index is 12.0. The molecule has 0 fully saturated rings. The molecule has 1 heterocycles. The van der Waals surface area contributed by atoms with E-state index in [9.17, 15) is 13.2 Å². The lowest BCUT2D eigenvalue weighted by molar-refractivity contribution is -0.121. The van der Waals surface area contributed by atoms with Crippen LogP contribution in [0.2, 0.25) is 0 Å². The van der Waals surface area contributed by atoms with Gasteiger partial charge in [0.1, 0.15) is 0 Å². The number of carbonyl (C=O) groups is 1. The molecule has 1 unspecified atom stereocenters. The molecule has 0 radical (unpaired) electrons. The Labute approximate surface area is 134 Å². The summed E-state index contributed by atoms with van der Waals surface area (Å²) < 4.78 is 22.7. The Morgan fingerprint density at radius 1 is 1.32 bits per heavy atom. The number of sulfonamides is 1. The van der Waals surface area contributed by atoms with E-state index in [-0.39, 0.29) is 16.8 Å². The van der Waals surface area contributed by atoms with Gasteiger partial charge in [-0.05, 0) is 42.5 Å². The Hall–Kier alpha value is -1.70. The van der Waals surface area contributed by atoms with Crippen molar-refractivity contribution in [2.24, 2.45) is 5.14 Å². The van der Waals surface area contributed by atoms with Crippen LogP contribution in [0, 0.1) is 0 Å². The fourth-order valence-corrected chi connectivity index (χ4v) is 3.33. The third-order valence-corrected chi connectivity index (χ3v) is 5.09. The molecular weight excluding hydrogens is 320 g/mol. The second kappa shape index (κ2) is 7.04. The van der Waals surface area contributed by atoms with Crippen molar-refractivity contribution in [3.8, 4) is 0 Å². The monoisotopic (exact) mass is 338 g/mol. The first-order valence-electron chi connectivity index (χ1n) is 6.81. The van der Waals surface area contributed by atoms with Crippen molar-refractivity contribution in [3.05, 3.63) is 52.2 Å². The van der Waals surface area contributed by atoms with E-state index in [0.29, 0.717) is 18.4 Å². The minimum absolute atomic E-state index is 0.0460. The topological polar surface area (TPSA) is 89.3 Å². The summed E-state index contributed by atoms with van der Waals surface area (Å²) in [6.45, 7) is 1.81. The van der Waals surface area contributed by atoms with Crippen molar-refractivity contribution in [3.63, 3.8) is 0 Å². The fraction of sp³-hybridized carbons (Fsp3) is 0.267. The highest BCUT2D eigenvalue weighted by Gasteiger charge is 2.13. The summed E-state index contributed by atoms with van der Waals surface area (Å²) in [6, 6.07) is 9.97. The van der Waals surface area contributed by atoms with Gasteiger partial charge in [0.15, 0.2) is 0 Å². The van der Waals surface area contributed by atoms with Crippen molar-refractivity contribution < 1.29 is 13.2 Å². The number of hydrogen-bond acceptors (Lipinski definition) is 4. The Balaban J connectivity index is 1.96. The second-order valence-corrected chi connectivity index (χ2v) is 7.58. The number of hydrogen-bond donors (Lipinski definition) is 2. The van der Waals surface area contributed by atoms with Gasteiger partial charge in [0.05, 0.1) is 10.9 Å². The molecule has 0 spiro atoms. The molecule has 1 aromatic carbocycles. The molecule has 2 aromatic rings. The van der Waals surface area contributed by atoms with E-state index < -0.39 is 10.0 Å². The predicted molar refractivity (Wildman–Crippen MR) is 87.0 cm³/mol. The molecule has 1 amide bonds. The zero-order valence-electron chi connectivity index (χ0n) is 12.2. The van der Waals surface area contributed by atoms with Crippen LogP contribution >= 0.6 is 11.3 Å². The SMILES string of the molecule is CC(NC(=O)CCc1cccs1)c1cccc(S(N)(=O)=O)c1.